The Balaban J connectivity index is 1.56. The number of nitrogens with one attached hydrogen (secondary N) is 3. The molecule has 2 amide bonds. The third kappa shape index (κ3) is 5.73. The van der Waals surface area contributed by atoms with Gasteiger partial charge in [0.2, 0.25) is 11.9 Å². The van der Waals surface area contributed by atoms with Crippen LogP contribution in [0.15, 0.2) is 22.9 Å². The van der Waals surface area contributed by atoms with Crippen LogP contribution in [0.2, 0.25) is 0 Å². The number of halogens is 1. The number of pyridine rings is 1. The summed E-state index contributed by atoms with van der Waals surface area (Å²) < 4.78 is 20.1. The third-order valence-electron chi connectivity index (χ3n) is 7.24. The molecule has 3 aromatic heterocycles. The maximum Gasteiger partial charge on any atom is 0.257 e. The zero-order chi connectivity index (χ0) is 26.7. The number of hydrogen-bond donors (Lipinski definition) is 3. The number of rotatable bonds is 8. The average Bonchev–Trinajstić information content (AvgIpc) is 3.50. The fourth-order valence-electron chi connectivity index (χ4n) is 5.06. The number of amides is 2. The van der Waals surface area contributed by atoms with Crippen molar-refractivity contribution in [2.75, 3.05) is 5.32 Å². The number of aryl methyl sites for hydroxylation is 2. The fraction of sp³-hybridized carbons (Fsp3) is 0.519. The van der Waals surface area contributed by atoms with Gasteiger partial charge in [0.05, 0.1) is 11.4 Å². The molecule has 4 rings (SSSR count). The Morgan fingerprint density at radius 3 is 2.59 bits per heavy atom. The third-order valence-corrected chi connectivity index (χ3v) is 7.24. The van der Waals surface area contributed by atoms with E-state index in [9.17, 15) is 9.59 Å². The van der Waals surface area contributed by atoms with E-state index in [0.717, 1.165) is 31.4 Å². The molecule has 3 aromatic rings. The maximum atomic E-state index is 15.1. The molecule has 9 nitrogen and oxygen atoms in total. The van der Waals surface area contributed by atoms with E-state index in [1.165, 1.54) is 6.26 Å². The lowest BCUT2D eigenvalue weighted by Gasteiger charge is -2.32. The molecule has 1 fully saturated rings. The lowest BCUT2D eigenvalue weighted by Crippen LogP contribution is -2.49. The first-order chi connectivity index (χ1) is 17.7. The van der Waals surface area contributed by atoms with Gasteiger partial charge >= 0.3 is 0 Å². The molecule has 1 aliphatic rings. The predicted molar refractivity (Wildman–Crippen MR) is 137 cm³/mol. The van der Waals surface area contributed by atoms with E-state index in [1.54, 1.807) is 19.1 Å². The quantitative estimate of drug-likeness (QED) is 0.360. The first kappa shape index (κ1) is 26.5. The second kappa shape index (κ2) is 11.2. The summed E-state index contributed by atoms with van der Waals surface area (Å²) in [6, 6.07) is 2.36. The molecule has 0 aromatic carbocycles. The van der Waals surface area contributed by atoms with E-state index >= 15 is 4.39 Å². The highest BCUT2D eigenvalue weighted by Gasteiger charge is 2.34. The fourth-order valence-corrected chi connectivity index (χ4v) is 5.06. The maximum absolute atomic E-state index is 15.1. The minimum atomic E-state index is -0.803. The average molecular weight is 511 g/mol. The summed E-state index contributed by atoms with van der Waals surface area (Å²) in [7, 11) is 0. The smallest absolute Gasteiger partial charge is 0.257 e. The van der Waals surface area contributed by atoms with Crippen LogP contribution in [0, 0.1) is 24.7 Å². The molecular weight excluding hydrogens is 475 g/mol. The molecule has 3 N–H and O–H groups in total. The van der Waals surface area contributed by atoms with Crippen LogP contribution >= 0.6 is 0 Å². The van der Waals surface area contributed by atoms with E-state index in [0.29, 0.717) is 40.4 Å². The zero-order valence-electron chi connectivity index (χ0n) is 22.0. The first-order valence-corrected chi connectivity index (χ1v) is 13.0. The van der Waals surface area contributed by atoms with Gasteiger partial charge in [0.15, 0.2) is 0 Å². The minimum Gasteiger partial charge on any atom is -0.364 e. The molecule has 1 aliphatic carbocycles. The number of nitrogens with zero attached hydrogens (tertiary/aromatic N) is 3. The molecular formula is C27H35FN6O3. The van der Waals surface area contributed by atoms with Crippen LogP contribution in [0.1, 0.15) is 86.7 Å². The number of aromatic amines is 1. The summed E-state index contributed by atoms with van der Waals surface area (Å²) in [6.45, 7) is 9.79. The zero-order valence-corrected chi connectivity index (χ0v) is 22.0. The highest BCUT2D eigenvalue weighted by atomic mass is 19.1. The molecule has 198 valence electrons. The first-order valence-electron chi connectivity index (χ1n) is 13.0. The molecule has 10 heteroatoms. The van der Waals surface area contributed by atoms with Crippen molar-refractivity contribution >= 4 is 17.6 Å². The van der Waals surface area contributed by atoms with Gasteiger partial charge in [0.1, 0.15) is 23.7 Å². The molecule has 0 spiro atoms. The van der Waals surface area contributed by atoms with Gasteiger partial charge in [-0.3, -0.25) is 14.7 Å². The molecule has 0 saturated heterocycles. The largest absolute Gasteiger partial charge is 0.364 e. The van der Waals surface area contributed by atoms with Crippen LogP contribution in [-0.2, 0) is 11.2 Å². The van der Waals surface area contributed by atoms with E-state index in [1.807, 2.05) is 20.8 Å². The molecule has 0 radical (unpaired) electrons. The number of hydrogen-bond acceptors (Lipinski definition) is 6. The Hall–Kier alpha value is -3.56. The minimum absolute atomic E-state index is 0.0138. The Bertz CT molecular complexity index is 1260. The van der Waals surface area contributed by atoms with Gasteiger partial charge in [0.25, 0.3) is 5.91 Å². The molecule has 1 atom stereocenters. The van der Waals surface area contributed by atoms with Crippen molar-refractivity contribution in [2.24, 2.45) is 11.8 Å². The SMILES string of the molecule is CCc1[nH]nc(C)c1-c1ccc(NC(=O)[C@@H](NC(=O)c2conc2C(C)C)[C@H]2CC[C@H](C)CC2)nc1F. The second-order valence-electron chi connectivity index (χ2n) is 10.3. The van der Waals surface area contributed by atoms with Crippen LogP contribution in [0.25, 0.3) is 11.1 Å². The summed E-state index contributed by atoms with van der Waals surface area (Å²) in [5.74, 6) is -0.946. The summed E-state index contributed by atoms with van der Waals surface area (Å²) in [5, 5.41) is 16.7. The van der Waals surface area contributed by atoms with Crippen molar-refractivity contribution in [3.8, 4) is 11.1 Å². The van der Waals surface area contributed by atoms with Crippen molar-refractivity contribution < 1.29 is 18.5 Å². The number of aromatic nitrogens is 4. The van der Waals surface area contributed by atoms with E-state index in [4.69, 9.17) is 4.52 Å². The summed E-state index contributed by atoms with van der Waals surface area (Å²) >= 11 is 0. The van der Waals surface area contributed by atoms with Crippen molar-refractivity contribution in [1.82, 2.24) is 25.7 Å². The van der Waals surface area contributed by atoms with Crippen LogP contribution in [0.4, 0.5) is 10.2 Å². The summed E-state index contributed by atoms with van der Waals surface area (Å²) in [4.78, 5) is 30.6. The Labute approximate surface area is 216 Å². The topological polar surface area (TPSA) is 126 Å². The lowest BCUT2D eigenvalue weighted by molar-refractivity contribution is -0.119. The van der Waals surface area contributed by atoms with Crippen LogP contribution in [-0.4, -0.2) is 38.2 Å². The van der Waals surface area contributed by atoms with E-state index < -0.39 is 23.8 Å². The van der Waals surface area contributed by atoms with Gasteiger partial charge in [-0.25, -0.2) is 4.98 Å². The van der Waals surface area contributed by atoms with Crippen LogP contribution in [0.3, 0.4) is 0 Å². The number of carbonyl (C=O) groups excluding carboxylic acids is 2. The Morgan fingerprint density at radius 2 is 1.95 bits per heavy atom. The number of H-pyrrole nitrogens is 1. The van der Waals surface area contributed by atoms with Gasteiger partial charge in [-0.2, -0.15) is 9.49 Å². The highest BCUT2D eigenvalue weighted by Crippen LogP contribution is 2.32. The molecule has 37 heavy (non-hydrogen) atoms. The van der Waals surface area contributed by atoms with Crippen molar-refractivity contribution in [1.29, 1.82) is 0 Å². The van der Waals surface area contributed by atoms with Gasteiger partial charge in [-0.15, -0.1) is 0 Å². The van der Waals surface area contributed by atoms with Crippen molar-refractivity contribution in [2.45, 2.75) is 78.7 Å². The molecule has 0 aliphatic heterocycles. The van der Waals surface area contributed by atoms with Gasteiger partial charge < -0.3 is 15.2 Å². The Morgan fingerprint density at radius 1 is 1.22 bits per heavy atom. The molecule has 0 unspecified atom stereocenters. The van der Waals surface area contributed by atoms with Crippen LogP contribution in [0.5, 0.6) is 0 Å². The van der Waals surface area contributed by atoms with E-state index in [-0.39, 0.29) is 17.7 Å². The van der Waals surface area contributed by atoms with E-state index in [2.05, 4.69) is 37.9 Å². The van der Waals surface area contributed by atoms with Gasteiger partial charge in [-0.1, -0.05) is 45.7 Å². The summed E-state index contributed by atoms with van der Waals surface area (Å²) in [6.07, 6.45) is 5.53. The van der Waals surface area contributed by atoms with Crippen molar-refractivity contribution in [3.63, 3.8) is 0 Å². The second-order valence-corrected chi connectivity index (χ2v) is 10.3. The number of carbonyl (C=O) groups is 2. The van der Waals surface area contributed by atoms with Gasteiger partial charge in [-0.05, 0) is 56.1 Å². The predicted octanol–water partition coefficient (Wildman–Crippen LogP) is 5.16. The molecule has 0 bridgehead atoms. The van der Waals surface area contributed by atoms with Crippen molar-refractivity contribution in [3.05, 3.63) is 47.0 Å². The van der Waals surface area contributed by atoms with Gasteiger partial charge in [0, 0.05) is 16.8 Å². The summed E-state index contributed by atoms with van der Waals surface area (Å²) in [5.41, 5.74) is 3.35. The monoisotopic (exact) mass is 510 g/mol. The molecule has 1 saturated carbocycles. The van der Waals surface area contributed by atoms with Crippen LogP contribution < -0.4 is 10.6 Å². The normalized spacial score (nSPS) is 18.6. The number of anilines is 1. The molecule has 3 heterocycles. The standard InChI is InChI=1S/C27H35FN6O3/c1-6-20-22(16(5)32-33-20)18-11-12-21(29-25(18)28)30-27(36)24(17-9-7-15(4)8-10-17)31-26(35)19-13-37-34-23(19)14(2)3/h11-15,17,24H,6-10H2,1-5H3,(H,31,35)(H,32,33)(H,29,30,36)/t15-,17-,24-/m0/s1. The lowest BCUT2D eigenvalue weighted by atomic mass is 9.79. The Kier molecular flexibility index (Phi) is 8.04. The highest BCUT2D eigenvalue weighted by molar-refractivity contribution is 6.01.